The van der Waals surface area contributed by atoms with Crippen molar-refractivity contribution in [2.75, 3.05) is 13.2 Å². The average molecular weight is 222 g/mol. The molecule has 0 aromatic heterocycles. The zero-order valence-corrected chi connectivity index (χ0v) is 7.85. The lowest BCUT2D eigenvalue weighted by Gasteiger charge is -2.39. The van der Waals surface area contributed by atoms with Gasteiger partial charge in [-0.2, -0.15) is 0 Å². The van der Waals surface area contributed by atoms with E-state index in [-0.39, 0.29) is 0 Å². The normalized spacial score (nSPS) is 41.5. The number of aliphatic hydroxyl groups excluding tert-OH is 5. The lowest BCUT2D eigenvalue weighted by Crippen LogP contribution is -2.60. The number of carbonyl (C=O) groups is 1. The van der Waals surface area contributed by atoms with Crippen molar-refractivity contribution in [3.63, 3.8) is 0 Å². The first-order valence-electron chi connectivity index (χ1n) is 4.47. The molecule has 0 bridgehead atoms. The van der Waals surface area contributed by atoms with E-state index in [9.17, 15) is 20.1 Å². The number of ether oxygens (including phenoxy) is 1. The summed E-state index contributed by atoms with van der Waals surface area (Å²) in [4.78, 5) is 11.1. The lowest BCUT2D eigenvalue weighted by atomic mass is 9.93. The molecule has 15 heavy (non-hydrogen) atoms. The van der Waals surface area contributed by atoms with Crippen molar-refractivity contribution in [3.05, 3.63) is 0 Å². The Hall–Kier alpha value is -0.570. The van der Waals surface area contributed by atoms with Crippen molar-refractivity contribution < 1.29 is 35.1 Å². The van der Waals surface area contributed by atoms with Gasteiger partial charge >= 0.3 is 0 Å². The summed E-state index contributed by atoms with van der Waals surface area (Å²) in [5, 5.41) is 45.4. The fraction of sp³-hybridized carbons (Fsp3) is 0.875. The van der Waals surface area contributed by atoms with Gasteiger partial charge in [0.2, 0.25) is 0 Å². The van der Waals surface area contributed by atoms with Crippen molar-refractivity contribution in [2.45, 2.75) is 30.5 Å². The molecule has 1 aliphatic rings. The van der Waals surface area contributed by atoms with Crippen LogP contribution >= 0.6 is 0 Å². The van der Waals surface area contributed by atoms with Crippen LogP contribution in [0.1, 0.15) is 0 Å². The van der Waals surface area contributed by atoms with Crippen LogP contribution in [-0.4, -0.2) is 75.0 Å². The Kier molecular flexibility index (Phi) is 4.14. The second-order valence-corrected chi connectivity index (χ2v) is 3.37. The van der Waals surface area contributed by atoms with Gasteiger partial charge in [-0.1, -0.05) is 0 Å². The SMILES string of the molecule is O=C(CO)C1O[C@H](CO)[C@@H](O)[C@H](O)[C@H]1O. The van der Waals surface area contributed by atoms with Crippen LogP contribution in [0.15, 0.2) is 0 Å². The third kappa shape index (κ3) is 2.33. The zero-order chi connectivity index (χ0) is 11.6. The van der Waals surface area contributed by atoms with Gasteiger partial charge in [0.15, 0.2) is 5.78 Å². The minimum Gasteiger partial charge on any atom is -0.394 e. The number of ketones is 1. The monoisotopic (exact) mass is 222 g/mol. The van der Waals surface area contributed by atoms with Gasteiger partial charge < -0.3 is 30.3 Å². The number of hydrogen-bond donors (Lipinski definition) is 5. The lowest BCUT2D eigenvalue weighted by molar-refractivity contribution is -0.226. The Balaban J connectivity index is 2.78. The summed E-state index contributed by atoms with van der Waals surface area (Å²) in [5.74, 6) is -0.813. The Morgan fingerprint density at radius 3 is 2.13 bits per heavy atom. The smallest absolute Gasteiger partial charge is 0.189 e. The van der Waals surface area contributed by atoms with Gasteiger partial charge in [0, 0.05) is 0 Å². The predicted octanol–water partition coefficient (Wildman–Crippen LogP) is -3.61. The molecule has 0 aromatic carbocycles. The van der Waals surface area contributed by atoms with E-state index in [4.69, 9.17) is 14.9 Å². The van der Waals surface area contributed by atoms with E-state index in [2.05, 4.69) is 0 Å². The highest BCUT2D eigenvalue weighted by Crippen LogP contribution is 2.21. The average Bonchev–Trinajstić information content (AvgIpc) is 2.25. The Bertz CT molecular complexity index is 229. The van der Waals surface area contributed by atoms with Crippen LogP contribution in [0.2, 0.25) is 0 Å². The molecule has 1 rings (SSSR count). The summed E-state index contributed by atoms with van der Waals surface area (Å²) >= 11 is 0. The zero-order valence-electron chi connectivity index (χ0n) is 7.85. The van der Waals surface area contributed by atoms with Crippen molar-refractivity contribution in [1.82, 2.24) is 0 Å². The quantitative estimate of drug-likeness (QED) is 0.333. The molecule has 7 heteroatoms. The highest BCUT2D eigenvalue weighted by atomic mass is 16.5. The molecule has 1 heterocycles. The number of rotatable bonds is 3. The summed E-state index contributed by atoms with van der Waals surface area (Å²) in [6.07, 6.45) is -7.24. The molecule has 1 unspecified atom stereocenters. The van der Waals surface area contributed by atoms with Gasteiger partial charge in [-0.15, -0.1) is 0 Å². The van der Waals surface area contributed by atoms with E-state index in [1.807, 2.05) is 0 Å². The maximum Gasteiger partial charge on any atom is 0.189 e. The van der Waals surface area contributed by atoms with E-state index >= 15 is 0 Å². The largest absolute Gasteiger partial charge is 0.394 e. The minimum absolute atomic E-state index is 0.597. The Labute approximate surface area is 85.5 Å². The van der Waals surface area contributed by atoms with Crippen LogP contribution in [0, 0.1) is 0 Å². The minimum atomic E-state index is -1.61. The maximum atomic E-state index is 11.1. The molecule has 1 aliphatic heterocycles. The molecule has 0 radical (unpaired) electrons. The maximum absolute atomic E-state index is 11.1. The molecule has 0 spiro atoms. The standard InChI is InChI=1S/C8H14O7/c9-1-3(11)8-7(14)6(13)5(12)4(2-10)15-8/h4-10,12-14H,1-2H2/t4-,5-,6+,7-,8?/m1/s1. The molecule has 0 aliphatic carbocycles. The van der Waals surface area contributed by atoms with Crippen LogP contribution < -0.4 is 0 Å². The molecule has 1 fully saturated rings. The van der Waals surface area contributed by atoms with E-state index in [0.717, 1.165) is 0 Å². The highest BCUT2D eigenvalue weighted by Gasteiger charge is 2.45. The number of carbonyl (C=O) groups excluding carboxylic acids is 1. The van der Waals surface area contributed by atoms with Gasteiger partial charge in [-0.05, 0) is 0 Å². The van der Waals surface area contributed by atoms with Gasteiger partial charge in [0.25, 0.3) is 0 Å². The first-order valence-corrected chi connectivity index (χ1v) is 4.47. The molecule has 0 aromatic rings. The third-order valence-corrected chi connectivity index (χ3v) is 2.37. The van der Waals surface area contributed by atoms with Crippen molar-refractivity contribution in [1.29, 1.82) is 0 Å². The van der Waals surface area contributed by atoms with Crippen LogP contribution in [0.5, 0.6) is 0 Å². The van der Waals surface area contributed by atoms with E-state index < -0.39 is 49.5 Å². The summed E-state index contributed by atoms with van der Waals surface area (Å²) in [6.45, 7) is -1.44. The van der Waals surface area contributed by atoms with Crippen LogP contribution in [0.4, 0.5) is 0 Å². The van der Waals surface area contributed by atoms with Crippen LogP contribution in [0.3, 0.4) is 0 Å². The molecule has 5 atom stereocenters. The number of hydrogen-bond acceptors (Lipinski definition) is 7. The van der Waals surface area contributed by atoms with E-state index in [1.54, 1.807) is 0 Å². The Morgan fingerprint density at radius 1 is 1.07 bits per heavy atom. The highest BCUT2D eigenvalue weighted by molar-refractivity contribution is 5.84. The van der Waals surface area contributed by atoms with Gasteiger partial charge in [-0.25, -0.2) is 0 Å². The Morgan fingerprint density at radius 2 is 1.67 bits per heavy atom. The molecular weight excluding hydrogens is 208 g/mol. The fourth-order valence-corrected chi connectivity index (χ4v) is 1.46. The number of Topliss-reactive ketones (excluding diaryl/α,β-unsaturated/α-hetero) is 1. The summed E-state index contributed by atoms with van der Waals surface area (Å²) in [7, 11) is 0. The molecule has 1 saturated heterocycles. The van der Waals surface area contributed by atoms with E-state index in [1.165, 1.54) is 0 Å². The molecule has 0 amide bonds. The van der Waals surface area contributed by atoms with Crippen LogP contribution in [-0.2, 0) is 9.53 Å². The fourth-order valence-electron chi connectivity index (χ4n) is 1.46. The van der Waals surface area contributed by atoms with E-state index in [0.29, 0.717) is 0 Å². The van der Waals surface area contributed by atoms with Crippen molar-refractivity contribution in [2.24, 2.45) is 0 Å². The first kappa shape index (κ1) is 12.5. The summed E-state index contributed by atoms with van der Waals surface area (Å²) in [5.41, 5.74) is 0. The third-order valence-electron chi connectivity index (χ3n) is 2.37. The molecule has 88 valence electrons. The summed E-state index contributed by atoms with van der Waals surface area (Å²) < 4.78 is 4.86. The van der Waals surface area contributed by atoms with Gasteiger partial charge in [-0.3, -0.25) is 4.79 Å². The second-order valence-electron chi connectivity index (χ2n) is 3.37. The molecule has 7 nitrogen and oxygen atoms in total. The van der Waals surface area contributed by atoms with Crippen LogP contribution in [0.25, 0.3) is 0 Å². The number of aliphatic hydroxyl groups is 5. The van der Waals surface area contributed by atoms with Gasteiger partial charge in [0.1, 0.15) is 37.1 Å². The van der Waals surface area contributed by atoms with Crippen molar-refractivity contribution in [3.8, 4) is 0 Å². The van der Waals surface area contributed by atoms with Gasteiger partial charge in [0.05, 0.1) is 6.61 Å². The molecular formula is C8H14O7. The second kappa shape index (κ2) is 4.97. The molecule has 5 N–H and O–H groups in total. The first-order chi connectivity index (χ1) is 7.02. The predicted molar refractivity (Wildman–Crippen MR) is 45.9 cm³/mol. The topological polar surface area (TPSA) is 127 Å². The molecule has 0 saturated carbocycles. The van der Waals surface area contributed by atoms with Crippen molar-refractivity contribution >= 4 is 5.78 Å². The summed E-state index contributed by atoms with van der Waals surface area (Å²) in [6, 6.07) is 0.